The Labute approximate surface area is 159 Å². The molecule has 0 saturated carbocycles. The summed E-state index contributed by atoms with van der Waals surface area (Å²) in [4.78, 5) is 24.3. The Kier molecular flexibility index (Phi) is 5.72. The molecule has 9 heteroatoms. The smallest absolute Gasteiger partial charge is 0.338 e. The van der Waals surface area contributed by atoms with Gasteiger partial charge in [-0.15, -0.1) is 0 Å². The van der Waals surface area contributed by atoms with E-state index in [0.29, 0.717) is 31.6 Å². The number of rotatable bonds is 5. The molecule has 0 bridgehead atoms. The fraction of sp³-hybridized carbons (Fsp3) is 0.316. The van der Waals surface area contributed by atoms with Gasteiger partial charge in [-0.25, -0.2) is 13.6 Å². The topological polar surface area (TPSA) is 81.9 Å². The zero-order valence-corrected chi connectivity index (χ0v) is 15.1. The number of esters is 1. The van der Waals surface area contributed by atoms with E-state index in [1.54, 1.807) is 0 Å². The SMILES string of the molecule is COC(=O)c1ccc(N2CCC(Oc3ccc(F)cc3F)CC2)c([N+](=O)[O-])c1. The quantitative estimate of drug-likeness (QED) is 0.438. The Morgan fingerprint density at radius 1 is 1.18 bits per heavy atom. The highest BCUT2D eigenvalue weighted by Gasteiger charge is 2.27. The summed E-state index contributed by atoms with van der Waals surface area (Å²) in [7, 11) is 1.21. The highest BCUT2D eigenvalue weighted by molar-refractivity contribution is 5.91. The molecule has 0 radical (unpaired) electrons. The van der Waals surface area contributed by atoms with Crippen LogP contribution >= 0.6 is 0 Å². The van der Waals surface area contributed by atoms with Crippen LogP contribution in [0.2, 0.25) is 0 Å². The molecule has 3 rings (SSSR count). The Morgan fingerprint density at radius 2 is 1.89 bits per heavy atom. The average molecular weight is 392 g/mol. The maximum absolute atomic E-state index is 13.7. The second-order valence-electron chi connectivity index (χ2n) is 6.33. The van der Waals surface area contributed by atoms with E-state index in [2.05, 4.69) is 4.74 Å². The Bertz CT molecular complexity index is 898. The molecule has 0 N–H and O–H groups in total. The minimum absolute atomic E-state index is 0.0201. The molecule has 148 valence electrons. The lowest BCUT2D eigenvalue weighted by Gasteiger charge is -2.33. The normalized spacial score (nSPS) is 14.6. The molecule has 0 atom stereocenters. The summed E-state index contributed by atoms with van der Waals surface area (Å²) in [6.07, 6.45) is 0.726. The van der Waals surface area contributed by atoms with E-state index in [1.165, 1.54) is 31.4 Å². The standard InChI is InChI=1S/C19H18F2N2O5/c1-27-19(24)12-2-4-16(17(10-12)23(25)26)22-8-6-14(7-9-22)28-18-5-3-13(20)11-15(18)21/h2-5,10-11,14H,6-9H2,1H3. The van der Waals surface area contributed by atoms with Gasteiger partial charge in [-0.2, -0.15) is 0 Å². The van der Waals surface area contributed by atoms with Crippen molar-refractivity contribution in [1.82, 2.24) is 0 Å². The van der Waals surface area contributed by atoms with Gasteiger partial charge in [-0.05, 0) is 24.3 Å². The van der Waals surface area contributed by atoms with Gasteiger partial charge in [0.2, 0.25) is 0 Å². The van der Waals surface area contributed by atoms with Gasteiger partial charge in [0.15, 0.2) is 11.6 Å². The van der Waals surface area contributed by atoms with Crippen LogP contribution in [0.15, 0.2) is 36.4 Å². The van der Waals surface area contributed by atoms with Crippen LogP contribution in [-0.4, -0.2) is 37.2 Å². The summed E-state index contributed by atoms with van der Waals surface area (Å²) in [6.45, 7) is 0.901. The number of ether oxygens (including phenoxy) is 2. The summed E-state index contributed by atoms with van der Waals surface area (Å²) < 4.78 is 36.9. The third-order valence-corrected chi connectivity index (χ3v) is 4.56. The third-order valence-electron chi connectivity index (χ3n) is 4.56. The number of methoxy groups -OCH3 is 1. The molecule has 1 heterocycles. The minimum Gasteiger partial charge on any atom is -0.487 e. The maximum atomic E-state index is 13.7. The first-order valence-corrected chi connectivity index (χ1v) is 8.62. The van der Waals surface area contributed by atoms with Gasteiger partial charge in [0, 0.05) is 38.1 Å². The van der Waals surface area contributed by atoms with Crippen molar-refractivity contribution in [3.63, 3.8) is 0 Å². The second-order valence-corrected chi connectivity index (χ2v) is 6.33. The molecule has 28 heavy (non-hydrogen) atoms. The maximum Gasteiger partial charge on any atom is 0.338 e. The van der Waals surface area contributed by atoms with Crippen LogP contribution in [0.5, 0.6) is 5.75 Å². The number of nitrogens with zero attached hydrogens (tertiary/aromatic N) is 2. The van der Waals surface area contributed by atoms with E-state index < -0.39 is 22.5 Å². The van der Waals surface area contributed by atoms with Crippen molar-refractivity contribution in [2.24, 2.45) is 0 Å². The zero-order chi connectivity index (χ0) is 20.3. The summed E-state index contributed by atoms with van der Waals surface area (Å²) in [5, 5.41) is 11.4. The molecule has 0 spiro atoms. The highest BCUT2D eigenvalue weighted by atomic mass is 19.1. The number of piperidine rings is 1. The fourth-order valence-electron chi connectivity index (χ4n) is 3.15. The van der Waals surface area contributed by atoms with Gasteiger partial charge >= 0.3 is 5.97 Å². The molecule has 2 aromatic rings. The van der Waals surface area contributed by atoms with E-state index >= 15 is 0 Å². The van der Waals surface area contributed by atoms with E-state index in [9.17, 15) is 23.7 Å². The fourth-order valence-corrected chi connectivity index (χ4v) is 3.15. The zero-order valence-electron chi connectivity index (χ0n) is 15.1. The van der Waals surface area contributed by atoms with Crippen molar-refractivity contribution in [1.29, 1.82) is 0 Å². The monoisotopic (exact) mass is 392 g/mol. The van der Waals surface area contributed by atoms with Gasteiger partial charge in [0.1, 0.15) is 17.6 Å². The summed E-state index contributed by atoms with van der Waals surface area (Å²) in [5.41, 5.74) is 0.305. The number of hydrogen-bond donors (Lipinski definition) is 0. The Balaban J connectivity index is 1.70. The molecule has 1 aliphatic heterocycles. The van der Waals surface area contributed by atoms with E-state index in [-0.39, 0.29) is 23.1 Å². The average Bonchev–Trinajstić information content (AvgIpc) is 2.69. The largest absolute Gasteiger partial charge is 0.487 e. The number of halogens is 2. The van der Waals surface area contributed by atoms with Crippen molar-refractivity contribution in [3.8, 4) is 5.75 Å². The lowest BCUT2D eigenvalue weighted by Crippen LogP contribution is -2.38. The van der Waals surface area contributed by atoms with Crippen molar-refractivity contribution in [2.45, 2.75) is 18.9 Å². The summed E-state index contributed by atoms with van der Waals surface area (Å²) in [6, 6.07) is 7.32. The van der Waals surface area contributed by atoms with Gasteiger partial charge < -0.3 is 14.4 Å². The predicted octanol–water partition coefficient (Wildman–Crippen LogP) is 3.71. The lowest BCUT2D eigenvalue weighted by molar-refractivity contribution is -0.384. The Hall–Kier alpha value is -3.23. The van der Waals surface area contributed by atoms with Gasteiger partial charge in [0.25, 0.3) is 5.69 Å². The molecule has 7 nitrogen and oxygen atoms in total. The molecule has 0 unspecified atom stereocenters. The van der Waals surface area contributed by atoms with Gasteiger partial charge in [-0.1, -0.05) is 0 Å². The van der Waals surface area contributed by atoms with Gasteiger partial charge in [0.05, 0.1) is 17.6 Å². The summed E-state index contributed by atoms with van der Waals surface area (Å²) >= 11 is 0. The van der Waals surface area contributed by atoms with Crippen LogP contribution in [0.3, 0.4) is 0 Å². The lowest BCUT2D eigenvalue weighted by atomic mass is 10.1. The number of nitro benzene ring substituents is 1. The van der Waals surface area contributed by atoms with Gasteiger partial charge in [-0.3, -0.25) is 10.1 Å². The first-order valence-electron chi connectivity index (χ1n) is 8.62. The minimum atomic E-state index is -0.767. The van der Waals surface area contributed by atoms with Crippen molar-refractivity contribution in [3.05, 3.63) is 63.7 Å². The van der Waals surface area contributed by atoms with Crippen LogP contribution < -0.4 is 9.64 Å². The number of anilines is 1. The van der Waals surface area contributed by atoms with E-state index in [1.807, 2.05) is 4.90 Å². The highest BCUT2D eigenvalue weighted by Crippen LogP contribution is 2.32. The number of benzene rings is 2. The Morgan fingerprint density at radius 3 is 2.50 bits per heavy atom. The molecular weight excluding hydrogens is 374 g/mol. The third kappa shape index (κ3) is 4.19. The number of hydrogen-bond acceptors (Lipinski definition) is 6. The molecule has 0 amide bonds. The second kappa shape index (κ2) is 8.20. The molecular formula is C19H18F2N2O5. The van der Waals surface area contributed by atoms with E-state index in [4.69, 9.17) is 4.74 Å². The number of nitro groups is 1. The molecule has 1 fully saturated rings. The number of carbonyl (C=O) groups excluding carboxylic acids is 1. The van der Waals surface area contributed by atoms with Crippen molar-refractivity contribution < 1.29 is 28.0 Å². The predicted molar refractivity (Wildman–Crippen MR) is 96.7 cm³/mol. The first-order chi connectivity index (χ1) is 13.4. The summed E-state index contributed by atoms with van der Waals surface area (Å²) in [5.74, 6) is -2.12. The molecule has 0 aliphatic carbocycles. The van der Waals surface area contributed by atoms with Crippen LogP contribution in [0, 0.1) is 21.7 Å². The molecule has 1 saturated heterocycles. The van der Waals surface area contributed by atoms with Crippen LogP contribution in [0.1, 0.15) is 23.2 Å². The first kappa shape index (κ1) is 19.5. The molecule has 1 aliphatic rings. The number of carbonyl (C=O) groups is 1. The van der Waals surface area contributed by atoms with Crippen LogP contribution in [0.4, 0.5) is 20.2 Å². The van der Waals surface area contributed by atoms with Crippen molar-refractivity contribution in [2.75, 3.05) is 25.1 Å². The van der Waals surface area contributed by atoms with Crippen LogP contribution in [-0.2, 0) is 4.74 Å². The van der Waals surface area contributed by atoms with Crippen molar-refractivity contribution >= 4 is 17.3 Å². The van der Waals surface area contributed by atoms with Crippen LogP contribution in [0.25, 0.3) is 0 Å². The molecule has 2 aromatic carbocycles. The molecule has 0 aromatic heterocycles. The van der Waals surface area contributed by atoms with E-state index in [0.717, 1.165) is 12.1 Å².